The van der Waals surface area contributed by atoms with Gasteiger partial charge in [-0.05, 0) is 73.2 Å². The molecule has 0 radical (unpaired) electrons. The predicted molar refractivity (Wildman–Crippen MR) is 150 cm³/mol. The third-order valence-corrected chi connectivity index (χ3v) is 8.24. The van der Waals surface area contributed by atoms with Crippen LogP contribution in [0.3, 0.4) is 0 Å². The fourth-order valence-corrected chi connectivity index (χ4v) is 5.96. The maximum Gasteiger partial charge on any atom is 0.415 e. The topological polar surface area (TPSA) is 89.1 Å². The van der Waals surface area contributed by atoms with Gasteiger partial charge in [0.15, 0.2) is 5.60 Å². The van der Waals surface area contributed by atoms with E-state index in [1.807, 2.05) is 31.2 Å². The van der Waals surface area contributed by atoms with Crippen molar-refractivity contribution in [1.29, 1.82) is 0 Å². The van der Waals surface area contributed by atoms with Gasteiger partial charge >= 0.3 is 11.8 Å². The van der Waals surface area contributed by atoms with E-state index < -0.39 is 10.5 Å². The second-order valence-electron chi connectivity index (χ2n) is 10.8. The molecule has 0 bridgehead atoms. The molecule has 1 atom stereocenters. The minimum absolute atomic E-state index is 0.204. The number of nitro groups is 1. The number of hydrogen-bond acceptors (Lipinski definition) is 8. The van der Waals surface area contributed by atoms with Crippen molar-refractivity contribution in [1.82, 2.24) is 14.5 Å². The zero-order chi connectivity index (χ0) is 27.0. The standard InChI is InChI=1S/C28H33ClN6O4/c1-28(19-34-18-26(35(36)37)30-27(34)39-28)20-38-25-8-6-23(7-9-25)31-12-10-24(11-13-31)33-16-14-32(15-17-33)22-4-2-21(29)3-5-22/h2-9,18,24H,10-17,19-20H2,1H3/t28-/m1/s1. The highest BCUT2D eigenvalue weighted by molar-refractivity contribution is 6.30. The summed E-state index contributed by atoms with van der Waals surface area (Å²) in [6, 6.07) is 17.3. The van der Waals surface area contributed by atoms with Crippen LogP contribution in [0.4, 0.5) is 17.2 Å². The first-order valence-electron chi connectivity index (χ1n) is 13.5. The molecule has 39 heavy (non-hydrogen) atoms. The molecule has 2 aromatic carbocycles. The lowest BCUT2D eigenvalue weighted by atomic mass is 10.0. The Morgan fingerprint density at radius 1 is 1.00 bits per heavy atom. The van der Waals surface area contributed by atoms with E-state index in [2.05, 4.69) is 43.9 Å². The molecule has 2 saturated heterocycles. The maximum absolute atomic E-state index is 10.9. The van der Waals surface area contributed by atoms with Crippen LogP contribution in [0, 0.1) is 10.1 Å². The Kier molecular flexibility index (Phi) is 6.99. The predicted octanol–water partition coefficient (Wildman–Crippen LogP) is 4.47. The number of ether oxygens (including phenoxy) is 2. The Morgan fingerprint density at radius 2 is 1.62 bits per heavy atom. The molecule has 4 heterocycles. The number of anilines is 2. The third-order valence-electron chi connectivity index (χ3n) is 7.99. The molecule has 206 valence electrons. The van der Waals surface area contributed by atoms with E-state index in [0.717, 1.165) is 50.0 Å². The summed E-state index contributed by atoms with van der Waals surface area (Å²) in [6.07, 6.45) is 3.74. The molecule has 0 amide bonds. The Hall–Kier alpha value is -3.50. The molecule has 0 spiro atoms. The summed E-state index contributed by atoms with van der Waals surface area (Å²) in [4.78, 5) is 21.9. The van der Waals surface area contributed by atoms with Crippen LogP contribution >= 0.6 is 11.6 Å². The minimum Gasteiger partial charge on any atom is -0.489 e. The number of fused-ring (bicyclic) bond motifs is 1. The average molecular weight is 553 g/mol. The van der Waals surface area contributed by atoms with Gasteiger partial charge in [0.25, 0.3) is 0 Å². The van der Waals surface area contributed by atoms with Gasteiger partial charge in [-0.3, -0.25) is 9.47 Å². The van der Waals surface area contributed by atoms with Gasteiger partial charge in [0.2, 0.25) is 0 Å². The first kappa shape index (κ1) is 25.8. The van der Waals surface area contributed by atoms with Crippen LogP contribution in [0.2, 0.25) is 5.02 Å². The molecule has 3 aliphatic heterocycles. The first-order valence-corrected chi connectivity index (χ1v) is 13.9. The molecular formula is C28H33ClN6O4. The molecule has 3 aromatic rings. The van der Waals surface area contributed by atoms with Gasteiger partial charge in [-0.15, -0.1) is 0 Å². The van der Waals surface area contributed by atoms with Gasteiger partial charge in [0.1, 0.15) is 18.6 Å². The van der Waals surface area contributed by atoms with E-state index in [9.17, 15) is 10.1 Å². The van der Waals surface area contributed by atoms with Crippen LogP contribution in [0.15, 0.2) is 54.7 Å². The molecule has 1 aromatic heterocycles. The van der Waals surface area contributed by atoms with Crippen LogP contribution in [-0.4, -0.2) is 76.9 Å². The molecule has 0 aliphatic carbocycles. The van der Waals surface area contributed by atoms with Crippen molar-refractivity contribution in [2.45, 2.75) is 38.0 Å². The fourth-order valence-electron chi connectivity index (χ4n) is 5.83. The number of halogens is 1. The van der Waals surface area contributed by atoms with E-state index in [4.69, 9.17) is 21.1 Å². The van der Waals surface area contributed by atoms with E-state index >= 15 is 0 Å². The van der Waals surface area contributed by atoms with Crippen LogP contribution in [0.25, 0.3) is 0 Å². The van der Waals surface area contributed by atoms with Gasteiger partial charge in [-0.1, -0.05) is 11.6 Å². The number of aromatic nitrogens is 2. The van der Waals surface area contributed by atoms with Gasteiger partial charge in [0.05, 0.1) is 6.54 Å². The number of piperazine rings is 1. The second kappa shape index (κ2) is 10.6. The van der Waals surface area contributed by atoms with Gasteiger partial charge in [-0.2, -0.15) is 0 Å². The fraction of sp³-hybridized carbons (Fsp3) is 0.464. The highest BCUT2D eigenvalue weighted by atomic mass is 35.5. The zero-order valence-electron chi connectivity index (χ0n) is 22.0. The summed E-state index contributed by atoms with van der Waals surface area (Å²) in [5.41, 5.74) is 1.84. The van der Waals surface area contributed by atoms with Crippen molar-refractivity contribution in [2.24, 2.45) is 0 Å². The normalized spacial score (nSPS) is 22.0. The van der Waals surface area contributed by atoms with Gasteiger partial charge < -0.3 is 29.4 Å². The Bertz CT molecular complexity index is 1280. The SMILES string of the molecule is C[C@]1(COc2ccc(N3CCC(N4CCN(c5ccc(Cl)cc5)CC4)CC3)cc2)Cn2cc([N+](=O)[O-])nc2O1. The smallest absolute Gasteiger partial charge is 0.415 e. The van der Waals surface area contributed by atoms with E-state index in [1.165, 1.54) is 30.4 Å². The quantitative estimate of drug-likeness (QED) is 0.313. The highest BCUT2D eigenvalue weighted by Crippen LogP contribution is 2.32. The number of piperidine rings is 1. The summed E-state index contributed by atoms with van der Waals surface area (Å²) in [6.45, 7) is 9.08. The minimum atomic E-state index is -0.627. The van der Waals surface area contributed by atoms with Gasteiger partial charge in [0, 0.05) is 66.7 Å². The van der Waals surface area contributed by atoms with Crippen molar-refractivity contribution >= 4 is 28.8 Å². The molecule has 2 fully saturated rings. The number of imidazole rings is 1. The van der Waals surface area contributed by atoms with Crippen molar-refractivity contribution in [2.75, 3.05) is 55.7 Å². The largest absolute Gasteiger partial charge is 0.489 e. The van der Waals surface area contributed by atoms with Crippen molar-refractivity contribution in [3.63, 3.8) is 0 Å². The third kappa shape index (κ3) is 5.62. The van der Waals surface area contributed by atoms with Crippen LogP contribution in [-0.2, 0) is 6.54 Å². The van der Waals surface area contributed by atoms with Crippen LogP contribution < -0.4 is 19.3 Å². The lowest BCUT2D eigenvalue weighted by Gasteiger charge is -2.43. The molecular weight excluding hydrogens is 520 g/mol. The average Bonchev–Trinajstić information content (AvgIpc) is 3.49. The molecule has 3 aliphatic rings. The summed E-state index contributed by atoms with van der Waals surface area (Å²) >= 11 is 6.04. The van der Waals surface area contributed by atoms with Crippen LogP contribution in [0.5, 0.6) is 11.8 Å². The summed E-state index contributed by atoms with van der Waals surface area (Å²) in [5, 5.41) is 11.7. The Labute approximate surface area is 232 Å². The van der Waals surface area contributed by atoms with E-state index in [0.29, 0.717) is 19.2 Å². The second-order valence-corrected chi connectivity index (χ2v) is 11.3. The maximum atomic E-state index is 10.9. The summed E-state index contributed by atoms with van der Waals surface area (Å²) in [5.74, 6) is 0.567. The van der Waals surface area contributed by atoms with Crippen molar-refractivity contribution in [3.8, 4) is 11.8 Å². The number of nitrogens with zero attached hydrogens (tertiary/aromatic N) is 6. The van der Waals surface area contributed by atoms with Crippen LogP contribution in [0.1, 0.15) is 19.8 Å². The molecule has 6 rings (SSSR count). The number of benzene rings is 2. The molecule has 0 saturated carbocycles. The lowest BCUT2D eigenvalue weighted by molar-refractivity contribution is -0.389. The lowest BCUT2D eigenvalue weighted by Crippen LogP contribution is -2.53. The molecule has 11 heteroatoms. The Balaban J connectivity index is 0.953. The molecule has 0 unspecified atom stereocenters. The van der Waals surface area contributed by atoms with Crippen molar-refractivity contribution in [3.05, 3.63) is 69.9 Å². The first-order chi connectivity index (χ1) is 18.8. The van der Waals surface area contributed by atoms with Crippen molar-refractivity contribution < 1.29 is 14.4 Å². The summed E-state index contributed by atoms with van der Waals surface area (Å²) < 4.78 is 13.5. The summed E-state index contributed by atoms with van der Waals surface area (Å²) in [7, 11) is 0. The zero-order valence-corrected chi connectivity index (χ0v) is 22.8. The number of rotatable bonds is 7. The monoisotopic (exact) mass is 552 g/mol. The molecule has 0 N–H and O–H groups in total. The highest BCUT2D eigenvalue weighted by Gasteiger charge is 2.41. The number of hydrogen-bond donors (Lipinski definition) is 0. The Morgan fingerprint density at radius 3 is 2.23 bits per heavy atom. The van der Waals surface area contributed by atoms with E-state index in [-0.39, 0.29) is 11.8 Å². The molecule has 10 nitrogen and oxygen atoms in total. The van der Waals surface area contributed by atoms with E-state index in [1.54, 1.807) is 4.57 Å². The van der Waals surface area contributed by atoms with Gasteiger partial charge in [-0.25, -0.2) is 0 Å².